The third-order valence-electron chi connectivity index (χ3n) is 3.45. The first-order chi connectivity index (χ1) is 9.45. The van der Waals surface area contributed by atoms with Crippen LogP contribution in [0.5, 0.6) is 0 Å². The van der Waals surface area contributed by atoms with Crippen LogP contribution >= 0.6 is 0 Å². The number of ether oxygens (including phenoxy) is 1. The maximum absolute atomic E-state index is 12.1. The second-order valence-corrected chi connectivity index (χ2v) is 7.01. The lowest BCUT2D eigenvalue weighted by Crippen LogP contribution is -2.43. The molecule has 1 aromatic carbocycles. The molecule has 6 heteroatoms. The Morgan fingerprint density at radius 1 is 1.35 bits per heavy atom. The lowest BCUT2D eigenvalue weighted by atomic mass is 10.1. The molecule has 5 nitrogen and oxygen atoms in total. The van der Waals surface area contributed by atoms with Crippen LogP contribution in [0.4, 0.5) is 0 Å². The van der Waals surface area contributed by atoms with Crippen molar-refractivity contribution in [3.63, 3.8) is 0 Å². The summed E-state index contributed by atoms with van der Waals surface area (Å²) in [4.78, 5) is 0.222. The van der Waals surface area contributed by atoms with Crippen LogP contribution in [0, 0.1) is 0 Å². The van der Waals surface area contributed by atoms with Crippen molar-refractivity contribution < 1.29 is 18.3 Å². The Kier molecular flexibility index (Phi) is 4.80. The molecule has 0 radical (unpaired) electrons. The summed E-state index contributed by atoms with van der Waals surface area (Å²) in [5.41, 5.74) is 0.0316. The molecule has 0 bridgehead atoms. The summed E-state index contributed by atoms with van der Waals surface area (Å²) >= 11 is 0. The van der Waals surface area contributed by atoms with E-state index in [9.17, 15) is 13.5 Å². The fraction of sp³-hybridized carbons (Fsp3) is 0.571. The topological polar surface area (TPSA) is 75.6 Å². The quantitative estimate of drug-likeness (QED) is 0.824. The van der Waals surface area contributed by atoms with Gasteiger partial charge in [-0.05, 0) is 24.1 Å². The normalized spacial score (nSPS) is 23.1. The molecular weight excluding hydrogens is 278 g/mol. The summed E-state index contributed by atoms with van der Waals surface area (Å²) in [5, 5.41) is 10.1. The first kappa shape index (κ1) is 15.4. The van der Waals surface area contributed by atoms with Gasteiger partial charge in [0.2, 0.25) is 10.0 Å². The van der Waals surface area contributed by atoms with Crippen LogP contribution in [-0.2, 0) is 21.2 Å². The molecule has 0 saturated carbocycles. The Morgan fingerprint density at radius 3 is 2.60 bits per heavy atom. The number of aliphatic hydroxyl groups is 1. The first-order valence-corrected chi connectivity index (χ1v) is 8.32. The van der Waals surface area contributed by atoms with E-state index in [4.69, 9.17) is 4.74 Å². The van der Waals surface area contributed by atoms with E-state index < -0.39 is 15.6 Å². The van der Waals surface area contributed by atoms with Gasteiger partial charge in [0.25, 0.3) is 0 Å². The number of benzene rings is 1. The zero-order chi connectivity index (χ0) is 14.6. The molecule has 1 aliphatic heterocycles. The fourth-order valence-electron chi connectivity index (χ4n) is 2.17. The zero-order valence-corrected chi connectivity index (χ0v) is 12.4. The molecule has 2 N–H and O–H groups in total. The van der Waals surface area contributed by atoms with Crippen molar-refractivity contribution in [3.8, 4) is 0 Å². The van der Waals surface area contributed by atoms with Crippen LogP contribution in [-0.4, -0.2) is 38.9 Å². The Morgan fingerprint density at radius 2 is 2.05 bits per heavy atom. The van der Waals surface area contributed by atoms with Crippen LogP contribution in [0.1, 0.15) is 25.3 Å². The summed E-state index contributed by atoms with van der Waals surface area (Å²) in [7, 11) is -3.58. The highest BCUT2D eigenvalue weighted by molar-refractivity contribution is 7.89. The monoisotopic (exact) mass is 299 g/mol. The van der Waals surface area contributed by atoms with Crippen LogP contribution in [0.3, 0.4) is 0 Å². The minimum atomic E-state index is -3.58. The van der Waals surface area contributed by atoms with Crippen molar-refractivity contribution in [3.05, 3.63) is 29.8 Å². The van der Waals surface area contributed by atoms with E-state index in [0.29, 0.717) is 13.0 Å². The largest absolute Gasteiger partial charge is 0.386 e. The van der Waals surface area contributed by atoms with Gasteiger partial charge in [-0.15, -0.1) is 0 Å². The van der Waals surface area contributed by atoms with Gasteiger partial charge >= 0.3 is 0 Å². The minimum absolute atomic E-state index is 0.0218. The molecule has 0 amide bonds. The van der Waals surface area contributed by atoms with Crippen molar-refractivity contribution in [1.82, 2.24) is 4.72 Å². The van der Waals surface area contributed by atoms with Gasteiger partial charge in [-0.2, -0.15) is 0 Å². The van der Waals surface area contributed by atoms with Gasteiger partial charge < -0.3 is 9.84 Å². The molecule has 1 heterocycles. The van der Waals surface area contributed by atoms with Crippen molar-refractivity contribution >= 4 is 10.0 Å². The predicted molar refractivity (Wildman–Crippen MR) is 76.0 cm³/mol. The van der Waals surface area contributed by atoms with E-state index in [1.165, 1.54) is 0 Å². The summed E-state index contributed by atoms with van der Waals surface area (Å²) in [6, 6.07) is 6.85. The van der Waals surface area contributed by atoms with Crippen LogP contribution in [0.2, 0.25) is 0 Å². The second-order valence-electron chi connectivity index (χ2n) is 5.25. The highest BCUT2D eigenvalue weighted by atomic mass is 32.2. The predicted octanol–water partition coefficient (Wildman–Crippen LogP) is 1.07. The SMILES string of the molecule is CCCc1ccc(S(=O)(=O)NCC2(O)CCOC2)cc1. The molecule has 1 unspecified atom stereocenters. The Labute approximate surface area is 120 Å². The van der Waals surface area contributed by atoms with Gasteiger partial charge in [0.15, 0.2) is 0 Å². The zero-order valence-electron chi connectivity index (χ0n) is 11.6. The summed E-state index contributed by atoms with van der Waals surface area (Å²) in [6.07, 6.45) is 2.41. The van der Waals surface area contributed by atoms with Gasteiger partial charge in [-0.1, -0.05) is 25.5 Å². The van der Waals surface area contributed by atoms with Crippen molar-refractivity contribution in [2.75, 3.05) is 19.8 Å². The molecule has 0 aromatic heterocycles. The van der Waals surface area contributed by atoms with Gasteiger partial charge in [0.05, 0.1) is 11.5 Å². The Bertz CT molecular complexity index is 533. The number of nitrogens with one attached hydrogen (secondary N) is 1. The third kappa shape index (κ3) is 3.79. The third-order valence-corrected chi connectivity index (χ3v) is 4.86. The molecular formula is C14H21NO4S. The molecule has 112 valence electrons. The Balaban J connectivity index is 2.02. The average molecular weight is 299 g/mol. The second kappa shape index (κ2) is 6.22. The van der Waals surface area contributed by atoms with Crippen molar-refractivity contribution in [1.29, 1.82) is 0 Å². The molecule has 20 heavy (non-hydrogen) atoms. The van der Waals surface area contributed by atoms with Gasteiger partial charge in [0.1, 0.15) is 5.60 Å². The summed E-state index contributed by atoms with van der Waals surface area (Å²) in [6.45, 7) is 2.69. The summed E-state index contributed by atoms with van der Waals surface area (Å²) < 4.78 is 31.8. The number of hydrogen-bond acceptors (Lipinski definition) is 4. The highest BCUT2D eigenvalue weighted by Gasteiger charge is 2.33. The first-order valence-electron chi connectivity index (χ1n) is 6.84. The summed E-state index contributed by atoms with van der Waals surface area (Å²) in [5.74, 6) is 0. The molecule has 1 aliphatic rings. The number of aryl methyl sites for hydroxylation is 1. The lowest BCUT2D eigenvalue weighted by Gasteiger charge is -2.20. The van der Waals surface area contributed by atoms with E-state index in [2.05, 4.69) is 11.6 Å². The maximum atomic E-state index is 12.1. The molecule has 0 aliphatic carbocycles. The van der Waals surface area contributed by atoms with Gasteiger partial charge in [-0.25, -0.2) is 13.1 Å². The maximum Gasteiger partial charge on any atom is 0.240 e. The lowest BCUT2D eigenvalue weighted by molar-refractivity contribution is 0.0314. The van der Waals surface area contributed by atoms with Crippen molar-refractivity contribution in [2.45, 2.75) is 36.7 Å². The van der Waals surface area contributed by atoms with Crippen LogP contribution < -0.4 is 4.72 Å². The van der Waals surface area contributed by atoms with E-state index in [1.807, 2.05) is 12.1 Å². The van der Waals surface area contributed by atoms with Crippen LogP contribution in [0.15, 0.2) is 29.2 Å². The van der Waals surface area contributed by atoms with E-state index in [1.54, 1.807) is 12.1 Å². The molecule has 1 atom stereocenters. The highest BCUT2D eigenvalue weighted by Crippen LogP contribution is 2.18. The molecule has 1 fully saturated rings. The number of hydrogen-bond donors (Lipinski definition) is 2. The number of sulfonamides is 1. The Hall–Kier alpha value is -0.950. The average Bonchev–Trinajstić information content (AvgIpc) is 2.85. The molecule has 0 spiro atoms. The molecule has 1 saturated heterocycles. The van der Waals surface area contributed by atoms with E-state index >= 15 is 0 Å². The standard InChI is InChI=1S/C14H21NO4S/c1-2-3-12-4-6-13(7-5-12)20(17,18)15-10-14(16)8-9-19-11-14/h4-7,15-16H,2-3,8-11H2,1H3. The fourth-order valence-corrected chi connectivity index (χ4v) is 3.29. The smallest absolute Gasteiger partial charge is 0.240 e. The molecule has 1 aromatic rings. The minimum Gasteiger partial charge on any atom is -0.386 e. The van der Waals surface area contributed by atoms with Crippen molar-refractivity contribution in [2.24, 2.45) is 0 Å². The van der Waals surface area contributed by atoms with Gasteiger partial charge in [0, 0.05) is 19.6 Å². The number of rotatable bonds is 6. The van der Waals surface area contributed by atoms with Gasteiger partial charge in [-0.3, -0.25) is 0 Å². The van der Waals surface area contributed by atoms with E-state index in [-0.39, 0.29) is 18.0 Å². The van der Waals surface area contributed by atoms with Crippen LogP contribution in [0.25, 0.3) is 0 Å². The molecule has 2 rings (SSSR count). The van der Waals surface area contributed by atoms with E-state index in [0.717, 1.165) is 18.4 Å².